The molecule has 0 spiro atoms. The van der Waals surface area contributed by atoms with Crippen LogP contribution >= 0.6 is 0 Å². The largest absolute Gasteiger partial charge is 0.330 e. The predicted octanol–water partition coefficient (Wildman–Crippen LogP) is 6.31. The summed E-state index contributed by atoms with van der Waals surface area (Å²) in [6.45, 7) is 5.56. The quantitative estimate of drug-likeness (QED) is 0.419. The van der Waals surface area contributed by atoms with Gasteiger partial charge in [0.15, 0.2) is 0 Å². The Bertz CT molecular complexity index is 226. The summed E-state index contributed by atoms with van der Waals surface area (Å²) in [6.07, 6.45) is 20.1. The molecule has 0 radical (unpaired) electrons. The number of hydrogen-bond acceptors (Lipinski definition) is 1. The van der Waals surface area contributed by atoms with E-state index in [0.29, 0.717) is 0 Å². The first kappa shape index (κ1) is 19.0. The molecular weight excluding hydrogens is 254 g/mol. The van der Waals surface area contributed by atoms with E-state index in [-0.39, 0.29) is 0 Å². The lowest BCUT2D eigenvalue weighted by molar-refractivity contribution is 0.164. The van der Waals surface area contributed by atoms with Crippen molar-refractivity contribution >= 4 is 0 Å². The third kappa shape index (κ3) is 8.24. The number of nitrogens with two attached hydrogens (primary N) is 1. The number of hydrogen-bond donors (Lipinski definition) is 1. The van der Waals surface area contributed by atoms with Crippen LogP contribution < -0.4 is 5.73 Å². The van der Waals surface area contributed by atoms with Gasteiger partial charge in [-0.05, 0) is 37.1 Å². The fourth-order valence-corrected chi connectivity index (χ4v) is 4.30. The van der Waals surface area contributed by atoms with Gasteiger partial charge in [0.25, 0.3) is 0 Å². The van der Waals surface area contributed by atoms with Crippen molar-refractivity contribution in [3.8, 4) is 0 Å². The van der Waals surface area contributed by atoms with Crippen LogP contribution in [0.5, 0.6) is 0 Å². The number of unbranched alkanes of at least 4 members (excludes halogenated alkanes) is 7. The van der Waals surface area contributed by atoms with Crippen LogP contribution in [0.25, 0.3) is 0 Å². The van der Waals surface area contributed by atoms with Crippen molar-refractivity contribution in [3.05, 3.63) is 0 Å². The molecule has 1 aliphatic rings. The summed E-state index contributed by atoms with van der Waals surface area (Å²) in [5.74, 6) is 2.79. The standard InChI is InChI=1S/C20H41N/c1-3-5-6-7-8-9-10-11-13-19-16-18(12-4-2)14-15-20(19)17-21/h18-20H,3-17,21H2,1-2H3. The fourth-order valence-electron chi connectivity index (χ4n) is 4.30. The van der Waals surface area contributed by atoms with Gasteiger partial charge >= 0.3 is 0 Å². The van der Waals surface area contributed by atoms with Crippen molar-refractivity contribution in [3.63, 3.8) is 0 Å². The molecule has 1 saturated carbocycles. The summed E-state index contributed by atoms with van der Waals surface area (Å²) in [5.41, 5.74) is 6.01. The molecule has 0 aromatic rings. The summed E-state index contributed by atoms with van der Waals surface area (Å²) < 4.78 is 0. The summed E-state index contributed by atoms with van der Waals surface area (Å²) in [5, 5.41) is 0. The Labute approximate surface area is 134 Å². The molecule has 0 aromatic heterocycles. The second-order valence-electron chi connectivity index (χ2n) is 7.49. The van der Waals surface area contributed by atoms with E-state index >= 15 is 0 Å². The molecule has 0 saturated heterocycles. The van der Waals surface area contributed by atoms with Crippen molar-refractivity contribution in [2.75, 3.05) is 6.54 Å². The zero-order valence-electron chi connectivity index (χ0n) is 14.9. The molecule has 0 heterocycles. The topological polar surface area (TPSA) is 26.0 Å². The predicted molar refractivity (Wildman–Crippen MR) is 95.5 cm³/mol. The first-order chi connectivity index (χ1) is 10.3. The number of rotatable bonds is 12. The molecule has 126 valence electrons. The molecular formula is C20H41N. The summed E-state index contributed by atoms with van der Waals surface area (Å²) in [4.78, 5) is 0. The second-order valence-corrected chi connectivity index (χ2v) is 7.49. The Morgan fingerprint density at radius 1 is 0.714 bits per heavy atom. The van der Waals surface area contributed by atoms with Crippen LogP contribution in [0.1, 0.15) is 104 Å². The molecule has 21 heavy (non-hydrogen) atoms. The van der Waals surface area contributed by atoms with Crippen molar-refractivity contribution in [1.29, 1.82) is 0 Å². The van der Waals surface area contributed by atoms with Gasteiger partial charge in [0, 0.05) is 0 Å². The lowest BCUT2D eigenvalue weighted by Crippen LogP contribution is -2.30. The van der Waals surface area contributed by atoms with E-state index in [1.165, 1.54) is 89.9 Å². The van der Waals surface area contributed by atoms with Crippen LogP contribution in [-0.2, 0) is 0 Å². The molecule has 1 fully saturated rings. The molecule has 1 rings (SSSR count). The van der Waals surface area contributed by atoms with Crippen molar-refractivity contribution in [2.45, 2.75) is 104 Å². The maximum absolute atomic E-state index is 6.01. The van der Waals surface area contributed by atoms with Crippen LogP contribution in [0.4, 0.5) is 0 Å². The van der Waals surface area contributed by atoms with Crippen molar-refractivity contribution in [2.24, 2.45) is 23.5 Å². The van der Waals surface area contributed by atoms with Crippen LogP contribution in [0, 0.1) is 17.8 Å². The van der Waals surface area contributed by atoms with Crippen molar-refractivity contribution in [1.82, 2.24) is 0 Å². The highest BCUT2D eigenvalue weighted by Crippen LogP contribution is 2.38. The monoisotopic (exact) mass is 295 g/mol. The summed E-state index contributed by atoms with van der Waals surface area (Å²) >= 11 is 0. The van der Waals surface area contributed by atoms with Crippen LogP contribution in [0.2, 0.25) is 0 Å². The van der Waals surface area contributed by atoms with Crippen LogP contribution in [-0.4, -0.2) is 6.54 Å². The molecule has 0 aromatic carbocycles. The Morgan fingerprint density at radius 3 is 2.00 bits per heavy atom. The molecule has 3 unspecified atom stereocenters. The van der Waals surface area contributed by atoms with Gasteiger partial charge in [-0.3, -0.25) is 0 Å². The molecule has 1 nitrogen and oxygen atoms in total. The van der Waals surface area contributed by atoms with E-state index in [1.54, 1.807) is 0 Å². The van der Waals surface area contributed by atoms with Gasteiger partial charge < -0.3 is 5.73 Å². The third-order valence-electron chi connectivity index (χ3n) is 5.68. The zero-order chi connectivity index (χ0) is 15.3. The van der Waals surface area contributed by atoms with E-state index < -0.39 is 0 Å². The lowest BCUT2D eigenvalue weighted by atomic mass is 9.71. The smallest absolute Gasteiger partial charge is 0.00462 e. The van der Waals surface area contributed by atoms with Gasteiger partial charge in [-0.1, -0.05) is 90.9 Å². The Kier molecular flexibility index (Phi) is 11.3. The van der Waals surface area contributed by atoms with Gasteiger partial charge in [0.2, 0.25) is 0 Å². The SMILES string of the molecule is CCCCCCCCCCC1CC(CCC)CCC1CN. The van der Waals surface area contributed by atoms with Gasteiger partial charge in [-0.2, -0.15) is 0 Å². The lowest BCUT2D eigenvalue weighted by Gasteiger charge is -2.36. The van der Waals surface area contributed by atoms with Crippen LogP contribution in [0.15, 0.2) is 0 Å². The summed E-state index contributed by atoms with van der Waals surface area (Å²) in [6, 6.07) is 0. The van der Waals surface area contributed by atoms with Gasteiger partial charge in [-0.15, -0.1) is 0 Å². The highest BCUT2D eigenvalue weighted by Gasteiger charge is 2.28. The van der Waals surface area contributed by atoms with Gasteiger partial charge in [0.1, 0.15) is 0 Å². The third-order valence-corrected chi connectivity index (χ3v) is 5.68. The average Bonchev–Trinajstić information content (AvgIpc) is 2.50. The van der Waals surface area contributed by atoms with Crippen molar-refractivity contribution < 1.29 is 0 Å². The molecule has 3 atom stereocenters. The van der Waals surface area contributed by atoms with Gasteiger partial charge in [-0.25, -0.2) is 0 Å². The maximum Gasteiger partial charge on any atom is -0.00462 e. The minimum absolute atomic E-state index is 0.836. The molecule has 1 heteroatoms. The molecule has 0 amide bonds. The Hall–Kier alpha value is -0.0400. The van der Waals surface area contributed by atoms with E-state index in [2.05, 4.69) is 13.8 Å². The van der Waals surface area contributed by atoms with Crippen LogP contribution in [0.3, 0.4) is 0 Å². The highest BCUT2D eigenvalue weighted by molar-refractivity contribution is 4.80. The molecule has 2 N–H and O–H groups in total. The van der Waals surface area contributed by atoms with E-state index in [0.717, 1.165) is 24.3 Å². The first-order valence-electron chi connectivity index (χ1n) is 10.0. The molecule has 1 aliphatic carbocycles. The van der Waals surface area contributed by atoms with E-state index in [4.69, 9.17) is 5.73 Å². The normalized spacial score (nSPS) is 26.1. The minimum atomic E-state index is 0.836. The fraction of sp³-hybridized carbons (Fsp3) is 1.00. The average molecular weight is 296 g/mol. The van der Waals surface area contributed by atoms with Gasteiger partial charge in [0.05, 0.1) is 0 Å². The molecule has 0 aliphatic heterocycles. The first-order valence-corrected chi connectivity index (χ1v) is 10.0. The van der Waals surface area contributed by atoms with E-state index in [9.17, 15) is 0 Å². The Morgan fingerprint density at radius 2 is 1.38 bits per heavy atom. The zero-order valence-corrected chi connectivity index (χ0v) is 14.9. The highest BCUT2D eigenvalue weighted by atomic mass is 14.6. The Balaban J connectivity index is 2.09. The van der Waals surface area contributed by atoms with E-state index in [1.807, 2.05) is 0 Å². The maximum atomic E-state index is 6.01. The minimum Gasteiger partial charge on any atom is -0.330 e. The summed E-state index contributed by atoms with van der Waals surface area (Å²) in [7, 11) is 0. The second kappa shape index (κ2) is 12.5. The molecule has 0 bridgehead atoms.